The second-order valence-corrected chi connectivity index (χ2v) is 5.44. The molecule has 0 heterocycles. The van der Waals surface area contributed by atoms with Gasteiger partial charge in [-0.25, -0.2) is 0 Å². The summed E-state index contributed by atoms with van der Waals surface area (Å²) >= 11 is 0. The molecule has 7 heteroatoms. The van der Waals surface area contributed by atoms with Crippen LogP contribution in [0.1, 0.15) is 25.0 Å². The number of halogens is 3. The number of ether oxygens (including phenoxy) is 1. The maximum atomic E-state index is 12.5. The van der Waals surface area contributed by atoms with Crippen molar-refractivity contribution in [3.63, 3.8) is 0 Å². The first-order valence-corrected chi connectivity index (χ1v) is 6.84. The molecular formula is C15H22F3N3O. The summed E-state index contributed by atoms with van der Waals surface area (Å²) in [5, 5.41) is 6.14. The molecule has 0 amide bonds. The number of aliphatic imine (C=N–C) groups is 1. The zero-order chi connectivity index (χ0) is 16.8. The Hall–Kier alpha value is -1.76. The largest absolute Gasteiger partial charge is 0.416 e. The number of alkyl halides is 3. The van der Waals surface area contributed by atoms with Gasteiger partial charge in [0.1, 0.15) is 0 Å². The molecule has 0 aliphatic carbocycles. The highest BCUT2D eigenvalue weighted by molar-refractivity contribution is 5.79. The van der Waals surface area contributed by atoms with E-state index in [1.165, 1.54) is 12.1 Å². The average molecular weight is 317 g/mol. The summed E-state index contributed by atoms with van der Waals surface area (Å²) in [6.07, 6.45) is -4.31. The number of nitrogens with zero attached hydrogens (tertiary/aromatic N) is 1. The van der Waals surface area contributed by atoms with Gasteiger partial charge in [0.15, 0.2) is 5.96 Å². The summed E-state index contributed by atoms with van der Waals surface area (Å²) in [6, 6.07) is 5.03. The first kappa shape index (κ1) is 18.3. The second kappa shape index (κ2) is 7.49. The van der Waals surface area contributed by atoms with Gasteiger partial charge in [-0.2, -0.15) is 13.2 Å². The summed E-state index contributed by atoms with van der Waals surface area (Å²) in [5.41, 5.74) is -0.256. The Morgan fingerprint density at radius 1 is 1.14 bits per heavy atom. The quantitative estimate of drug-likeness (QED) is 0.648. The van der Waals surface area contributed by atoms with E-state index in [0.717, 1.165) is 17.7 Å². The summed E-state index contributed by atoms with van der Waals surface area (Å²) in [5.74, 6) is 0.560. The molecule has 0 saturated heterocycles. The lowest BCUT2D eigenvalue weighted by Crippen LogP contribution is -2.45. The zero-order valence-electron chi connectivity index (χ0n) is 13.2. The maximum Gasteiger partial charge on any atom is 0.416 e. The fourth-order valence-corrected chi connectivity index (χ4v) is 1.59. The molecule has 22 heavy (non-hydrogen) atoms. The van der Waals surface area contributed by atoms with Crippen molar-refractivity contribution >= 4 is 5.96 Å². The van der Waals surface area contributed by atoms with Gasteiger partial charge in [-0.3, -0.25) is 4.99 Å². The van der Waals surface area contributed by atoms with E-state index in [1.54, 1.807) is 14.2 Å². The van der Waals surface area contributed by atoms with E-state index in [4.69, 9.17) is 4.74 Å². The predicted octanol–water partition coefficient (Wildman–Crippen LogP) is 2.80. The Balaban J connectivity index is 2.54. The summed E-state index contributed by atoms with van der Waals surface area (Å²) in [4.78, 5) is 4.06. The van der Waals surface area contributed by atoms with Crippen LogP contribution in [0.5, 0.6) is 0 Å². The van der Waals surface area contributed by atoms with Crippen LogP contribution in [0.2, 0.25) is 0 Å². The van der Waals surface area contributed by atoms with Gasteiger partial charge in [-0.1, -0.05) is 12.1 Å². The normalized spacial score (nSPS) is 13.1. The molecule has 0 spiro atoms. The van der Waals surface area contributed by atoms with E-state index in [2.05, 4.69) is 15.6 Å². The predicted molar refractivity (Wildman–Crippen MR) is 80.7 cm³/mol. The number of hydrogen-bond donors (Lipinski definition) is 2. The molecule has 0 aromatic heterocycles. The van der Waals surface area contributed by atoms with Crippen molar-refractivity contribution in [2.45, 2.75) is 32.2 Å². The SMILES string of the molecule is CN=C(NCc1ccc(C(F)(F)F)cc1)NCC(C)(C)OC. The smallest absolute Gasteiger partial charge is 0.377 e. The molecule has 4 nitrogen and oxygen atoms in total. The van der Waals surface area contributed by atoms with E-state index < -0.39 is 11.7 Å². The highest BCUT2D eigenvalue weighted by atomic mass is 19.4. The van der Waals surface area contributed by atoms with Gasteiger partial charge in [-0.15, -0.1) is 0 Å². The van der Waals surface area contributed by atoms with E-state index in [0.29, 0.717) is 19.0 Å². The van der Waals surface area contributed by atoms with Crippen LogP contribution in [0.3, 0.4) is 0 Å². The lowest BCUT2D eigenvalue weighted by Gasteiger charge is -2.24. The van der Waals surface area contributed by atoms with Crippen LogP contribution in [-0.4, -0.2) is 32.3 Å². The van der Waals surface area contributed by atoms with E-state index in [-0.39, 0.29) is 5.60 Å². The molecule has 0 atom stereocenters. The summed E-state index contributed by atoms with van der Waals surface area (Å²) < 4.78 is 42.7. The minimum Gasteiger partial charge on any atom is -0.377 e. The van der Waals surface area contributed by atoms with Gasteiger partial charge < -0.3 is 15.4 Å². The molecule has 0 bridgehead atoms. The number of benzene rings is 1. The Bertz CT molecular complexity index is 496. The topological polar surface area (TPSA) is 45.7 Å². The number of rotatable bonds is 5. The van der Waals surface area contributed by atoms with Gasteiger partial charge in [0.2, 0.25) is 0 Å². The molecule has 0 saturated carbocycles. The summed E-state index contributed by atoms with van der Waals surface area (Å²) in [6.45, 7) is 4.80. The van der Waals surface area contributed by atoms with E-state index >= 15 is 0 Å². The Kier molecular flexibility index (Phi) is 6.22. The van der Waals surface area contributed by atoms with Crippen molar-refractivity contribution in [2.75, 3.05) is 20.7 Å². The Morgan fingerprint density at radius 2 is 1.73 bits per heavy atom. The third kappa shape index (κ3) is 5.93. The highest BCUT2D eigenvalue weighted by Gasteiger charge is 2.29. The third-order valence-corrected chi connectivity index (χ3v) is 3.20. The van der Waals surface area contributed by atoms with Crippen LogP contribution in [0.15, 0.2) is 29.3 Å². The first-order chi connectivity index (χ1) is 10.2. The molecule has 0 unspecified atom stereocenters. The fourth-order valence-electron chi connectivity index (χ4n) is 1.59. The average Bonchev–Trinajstić information content (AvgIpc) is 2.47. The number of hydrogen-bond acceptors (Lipinski definition) is 2. The highest BCUT2D eigenvalue weighted by Crippen LogP contribution is 2.28. The van der Waals surface area contributed by atoms with Crippen LogP contribution in [0.25, 0.3) is 0 Å². The van der Waals surface area contributed by atoms with Gasteiger partial charge in [-0.05, 0) is 31.5 Å². The van der Waals surface area contributed by atoms with Crippen LogP contribution < -0.4 is 10.6 Å². The van der Waals surface area contributed by atoms with Crippen LogP contribution in [0, 0.1) is 0 Å². The van der Waals surface area contributed by atoms with Crippen LogP contribution >= 0.6 is 0 Å². The number of guanidine groups is 1. The number of nitrogens with one attached hydrogen (secondary N) is 2. The van der Waals surface area contributed by atoms with Gasteiger partial charge in [0.25, 0.3) is 0 Å². The lowest BCUT2D eigenvalue weighted by molar-refractivity contribution is -0.137. The molecule has 2 N–H and O–H groups in total. The summed E-state index contributed by atoms with van der Waals surface area (Å²) in [7, 11) is 3.25. The van der Waals surface area contributed by atoms with Gasteiger partial charge in [0, 0.05) is 27.2 Å². The molecule has 1 rings (SSSR count). The number of methoxy groups -OCH3 is 1. The molecule has 0 fully saturated rings. The van der Waals surface area contributed by atoms with E-state index in [1.807, 2.05) is 13.8 Å². The fraction of sp³-hybridized carbons (Fsp3) is 0.533. The maximum absolute atomic E-state index is 12.5. The van der Waals surface area contributed by atoms with Crippen molar-refractivity contribution in [2.24, 2.45) is 4.99 Å². The van der Waals surface area contributed by atoms with Gasteiger partial charge in [0.05, 0.1) is 11.2 Å². The first-order valence-electron chi connectivity index (χ1n) is 6.84. The minimum absolute atomic E-state index is 0.341. The van der Waals surface area contributed by atoms with Gasteiger partial charge >= 0.3 is 6.18 Å². The molecule has 0 radical (unpaired) electrons. The molecule has 124 valence electrons. The standard InChI is InChI=1S/C15H22F3N3O/c1-14(2,22-4)10-21-13(19-3)20-9-11-5-7-12(8-6-11)15(16,17)18/h5-8H,9-10H2,1-4H3,(H2,19,20,21). The molecule has 1 aromatic rings. The van der Waals surface area contributed by atoms with Crippen molar-refractivity contribution in [1.82, 2.24) is 10.6 Å². The molecular weight excluding hydrogens is 295 g/mol. The Morgan fingerprint density at radius 3 is 2.18 bits per heavy atom. The molecule has 0 aliphatic heterocycles. The van der Waals surface area contributed by atoms with Crippen molar-refractivity contribution in [3.05, 3.63) is 35.4 Å². The van der Waals surface area contributed by atoms with Crippen molar-refractivity contribution in [1.29, 1.82) is 0 Å². The zero-order valence-corrected chi connectivity index (χ0v) is 13.2. The van der Waals surface area contributed by atoms with Crippen molar-refractivity contribution < 1.29 is 17.9 Å². The molecule has 1 aromatic carbocycles. The monoisotopic (exact) mass is 317 g/mol. The molecule has 0 aliphatic rings. The lowest BCUT2D eigenvalue weighted by atomic mass is 10.1. The second-order valence-electron chi connectivity index (χ2n) is 5.44. The van der Waals surface area contributed by atoms with Crippen LogP contribution in [-0.2, 0) is 17.5 Å². The Labute approximate surface area is 128 Å². The van der Waals surface area contributed by atoms with Crippen molar-refractivity contribution in [3.8, 4) is 0 Å². The van der Waals surface area contributed by atoms with Crippen LogP contribution in [0.4, 0.5) is 13.2 Å². The van der Waals surface area contributed by atoms with E-state index in [9.17, 15) is 13.2 Å². The third-order valence-electron chi connectivity index (χ3n) is 3.20. The minimum atomic E-state index is -4.31.